The molecule has 7 heteroatoms. The summed E-state index contributed by atoms with van der Waals surface area (Å²) in [7, 11) is -3.71. The van der Waals surface area contributed by atoms with Crippen molar-refractivity contribution in [3.63, 3.8) is 0 Å². The number of halogens is 1. The van der Waals surface area contributed by atoms with Crippen molar-refractivity contribution < 1.29 is 13.5 Å². The smallest absolute Gasteiger partial charge is 0.241 e. The molecule has 0 bridgehead atoms. The topological polar surface area (TPSA) is 92.4 Å². The Morgan fingerprint density at radius 2 is 2.11 bits per heavy atom. The van der Waals surface area contributed by atoms with Gasteiger partial charge in [0.2, 0.25) is 10.0 Å². The molecule has 0 radical (unpaired) electrons. The molecule has 1 saturated carbocycles. The number of nitrogen functional groups attached to an aromatic ring is 1. The Labute approximate surface area is 117 Å². The fourth-order valence-electron chi connectivity index (χ4n) is 2.19. The molecule has 0 unspecified atom stereocenters. The number of nitrogens with two attached hydrogens (primary N) is 1. The maximum atomic E-state index is 12.4. The Balaban J connectivity index is 2.37. The first-order chi connectivity index (χ1) is 8.80. The molecule has 4 N–H and O–H groups in total. The first kappa shape index (κ1) is 14.6. The second kappa shape index (κ2) is 4.94. The van der Waals surface area contributed by atoms with E-state index in [0.29, 0.717) is 23.4 Å². The lowest BCUT2D eigenvalue weighted by Crippen LogP contribution is -2.56. The quantitative estimate of drug-likeness (QED) is 0.734. The number of hydrogen-bond donors (Lipinski definition) is 3. The van der Waals surface area contributed by atoms with Gasteiger partial charge in [-0.05, 0) is 43.9 Å². The minimum Gasteiger partial charge on any atom is -0.397 e. The number of nitrogens with one attached hydrogen (secondary N) is 1. The van der Waals surface area contributed by atoms with E-state index in [-0.39, 0.29) is 17.2 Å². The van der Waals surface area contributed by atoms with E-state index in [2.05, 4.69) is 4.72 Å². The van der Waals surface area contributed by atoms with Crippen LogP contribution in [0.3, 0.4) is 0 Å². The molecule has 1 aromatic carbocycles. The summed E-state index contributed by atoms with van der Waals surface area (Å²) in [6.07, 6.45) is 2.19. The van der Waals surface area contributed by atoms with Gasteiger partial charge >= 0.3 is 0 Å². The average molecular weight is 305 g/mol. The number of anilines is 1. The number of aliphatic hydroxyl groups is 1. The van der Waals surface area contributed by atoms with Crippen molar-refractivity contribution in [1.82, 2.24) is 4.72 Å². The van der Waals surface area contributed by atoms with Gasteiger partial charge < -0.3 is 10.8 Å². The second-order valence-corrected chi connectivity index (χ2v) is 7.09. The Morgan fingerprint density at radius 3 is 2.58 bits per heavy atom. The Morgan fingerprint density at radius 1 is 1.47 bits per heavy atom. The summed E-state index contributed by atoms with van der Waals surface area (Å²) < 4.78 is 27.3. The second-order valence-electron chi connectivity index (χ2n) is 5.04. The molecular weight excluding hydrogens is 288 g/mol. The first-order valence-electron chi connectivity index (χ1n) is 6.00. The zero-order chi connectivity index (χ0) is 14.3. The van der Waals surface area contributed by atoms with Crippen LogP contribution in [0.2, 0.25) is 5.02 Å². The third-order valence-electron chi connectivity index (χ3n) is 3.55. The van der Waals surface area contributed by atoms with Gasteiger partial charge in [-0.25, -0.2) is 13.1 Å². The van der Waals surface area contributed by atoms with Crippen LogP contribution in [0.1, 0.15) is 24.8 Å². The van der Waals surface area contributed by atoms with Gasteiger partial charge in [-0.2, -0.15) is 0 Å². The third kappa shape index (κ3) is 2.72. The number of rotatable bonds is 4. The van der Waals surface area contributed by atoms with E-state index in [1.54, 1.807) is 6.92 Å². The third-order valence-corrected chi connectivity index (χ3v) is 5.60. The van der Waals surface area contributed by atoms with Gasteiger partial charge in [0.25, 0.3) is 0 Å². The molecule has 106 valence electrons. The van der Waals surface area contributed by atoms with Crippen molar-refractivity contribution >= 4 is 27.3 Å². The largest absolute Gasteiger partial charge is 0.397 e. The standard InChI is InChI=1S/C12H17ClN2O3S/c1-8-5-9(13)10(14)6-11(8)19(17,18)15-12(7-16)3-2-4-12/h5-6,15-16H,2-4,7,14H2,1H3. The molecule has 5 nitrogen and oxygen atoms in total. The van der Waals surface area contributed by atoms with Crippen LogP contribution in [0.15, 0.2) is 17.0 Å². The van der Waals surface area contributed by atoms with Crippen molar-refractivity contribution in [2.75, 3.05) is 12.3 Å². The molecule has 2 rings (SSSR count). The summed E-state index contributed by atoms with van der Waals surface area (Å²) in [4.78, 5) is 0.106. The SMILES string of the molecule is Cc1cc(Cl)c(N)cc1S(=O)(=O)NC1(CO)CCC1. The molecule has 1 aromatic rings. The monoisotopic (exact) mass is 304 g/mol. The minimum atomic E-state index is -3.71. The van der Waals surface area contributed by atoms with Crippen LogP contribution in [0.25, 0.3) is 0 Å². The van der Waals surface area contributed by atoms with Gasteiger partial charge in [0, 0.05) is 0 Å². The molecular formula is C12H17ClN2O3S. The predicted molar refractivity (Wildman–Crippen MR) is 74.6 cm³/mol. The summed E-state index contributed by atoms with van der Waals surface area (Å²) in [5.74, 6) is 0. The minimum absolute atomic E-state index is 0.106. The van der Waals surface area contributed by atoms with E-state index in [1.165, 1.54) is 12.1 Å². The fourth-order valence-corrected chi connectivity index (χ4v) is 4.13. The number of aliphatic hydroxyl groups excluding tert-OH is 1. The number of benzene rings is 1. The summed E-state index contributed by atoms with van der Waals surface area (Å²) in [6.45, 7) is 1.46. The van der Waals surface area contributed by atoms with E-state index in [9.17, 15) is 13.5 Å². The van der Waals surface area contributed by atoms with Gasteiger partial charge in [-0.3, -0.25) is 0 Å². The van der Waals surface area contributed by atoms with Crippen molar-refractivity contribution in [2.45, 2.75) is 36.6 Å². The molecule has 0 amide bonds. The van der Waals surface area contributed by atoms with Crippen LogP contribution in [-0.4, -0.2) is 25.7 Å². The van der Waals surface area contributed by atoms with Crippen LogP contribution in [0, 0.1) is 6.92 Å². The molecule has 19 heavy (non-hydrogen) atoms. The van der Waals surface area contributed by atoms with Gasteiger partial charge in [-0.15, -0.1) is 0 Å². The number of aryl methyl sites for hydroxylation is 1. The van der Waals surface area contributed by atoms with Gasteiger partial charge in [0.05, 0.1) is 27.8 Å². The van der Waals surface area contributed by atoms with Gasteiger partial charge in [-0.1, -0.05) is 11.6 Å². The molecule has 1 fully saturated rings. The zero-order valence-corrected chi connectivity index (χ0v) is 12.2. The first-order valence-corrected chi connectivity index (χ1v) is 7.86. The van der Waals surface area contributed by atoms with Gasteiger partial charge in [0.15, 0.2) is 0 Å². The molecule has 0 aliphatic heterocycles. The van der Waals surface area contributed by atoms with E-state index in [0.717, 1.165) is 6.42 Å². The lowest BCUT2D eigenvalue weighted by molar-refractivity contribution is 0.110. The predicted octanol–water partition coefficient (Wildman–Crippen LogP) is 1.42. The molecule has 1 aliphatic rings. The maximum absolute atomic E-state index is 12.4. The molecule has 0 heterocycles. The average Bonchev–Trinajstić information content (AvgIpc) is 2.28. The molecule has 0 aromatic heterocycles. The highest BCUT2D eigenvalue weighted by molar-refractivity contribution is 7.89. The fraction of sp³-hybridized carbons (Fsp3) is 0.500. The van der Waals surface area contributed by atoms with Crippen molar-refractivity contribution in [3.05, 3.63) is 22.7 Å². The zero-order valence-electron chi connectivity index (χ0n) is 10.6. The van der Waals surface area contributed by atoms with E-state index in [4.69, 9.17) is 17.3 Å². The summed E-state index contributed by atoms with van der Waals surface area (Å²) >= 11 is 5.85. The maximum Gasteiger partial charge on any atom is 0.241 e. The number of hydrogen-bond acceptors (Lipinski definition) is 4. The van der Waals surface area contributed by atoms with Crippen molar-refractivity contribution in [1.29, 1.82) is 0 Å². The van der Waals surface area contributed by atoms with Gasteiger partial charge in [0.1, 0.15) is 0 Å². The molecule has 1 aliphatic carbocycles. The summed E-state index contributed by atoms with van der Waals surface area (Å²) in [5, 5.41) is 9.67. The highest BCUT2D eigenvalue weighted by Gasteiger charge is 2.40. The van der Waals surface area contributed by atoms with Crippen molar-refractivity contribution in [2.24, 2.45) is 0 Å². The van der Waals surface area contributed by atoms with E-state index < -0.39 is 15.6 Å². The summed E-state index contributed by atoms with van der Waals surface area (Å²) in [6, 6.07) is 2.88. The van der Waals surface area contributed by atoms with Crippen LogP contribution >= 0.6 is 11.6 Å². The highest BCUT2D eigenvalue weighted by Crippen LogP contribution is 2.34. The Kier molecular flexibility index (Phi) is 3.79. The normalized spacial score (nSPS) is 18.1. The van der Waals surface area contributed by atoms with Crippen LogP contribution in [0.5, 0.6) is 0 Å². The summed E-state index contributed by atoms with van der Waals surface area (Å²) in [5.41, 5.74) is 5.68. The lowest BCUT2D eigenvalue weighted by atomic mass is 9.78. The van der Waals surface area contributed by atoms with Crippen LogP contribution in [0.4, 0.5) is 5.69 Å². The Bertz CT molecular complexity index is 592. The highest BCUT2D eigenvalue weighted by atomic mass is 35.5. The van der Waals surface area contributed by atoms with E-state index in [1.807, 2.05) is 0 Å². The number of sulfonamides is 1. The van der Waals surface area contributed by atoms with E-state index >= 15 is 0 Å². The molecule has 0 atom stereocenters. The Hall–Kier alpha value is -0.820. The van der Waals surface area contributed by atoms with Crippen molar-refractivity contribution in [3.8, 4) is 0 Å². The molecule has 0 saturated heterocycles. The van der Waals surface area contributed by atoms with Crippen LogP contribution < -0.4 is 10.5 Å². The lowest BCUT2D eigenvalue weighted by Gasteiger charge is -2.40. The molecule has 0 spiro atoms. The van der Waals surface area contributed by atoms with Crippen LogP contribution in [-0.2, 0) is 10.0 Å².